The Morgan fingerprint density at radius 1 is 0.612 bits per heavy atom. The van der Waals surface area contributed by atoms with Gasteiger partial charge in [-0.25, -0.2) is 8.78 Å². The van der Waals surface area contributed by atoms with Crippen molar-refractivity contribution in [2.45, 2.75) is 51.4 Å². The predicted octanol–water partition coefficient (Wildman–Crippen LogP) is 18.1. The van der Waals surface area contributed by atoms with E-state index in [1.165, 1.54) is 33.2 Å². The first-order valence-electron chi connectivity index (χ1n) is 23.5. The van der Waals surface area contributed by atoms with E-state index in [9.17, 15) is 8.78 Å². The highest BCUT2D eigenvalue weighted by Gasteiger charge is 2.32. The smallest absolute Gasteiger partial charge is 0.100 e. The zero-order valence-electron chi connectivity index (χ0n) is 37.7. The van der Waals surface area contributed by atoms with Gasteiger partial charge in [-0.3, -0.25) is 0 Å². The van der Waals surface area contributed by atoms with Gasteiger partial charge in [-0.1, -0.05) is 121 Å². The molecule has 0 fully saturated rings. The summed E-state index contributed by atoms with van der Waals surface area (Å²) in [5.41, 5.74) is 18.3. The van der Waals surface area contributed by atoms with E-state index in [-0.39, 0.29) is 17.6 Å². The van der Waals surface area contributed by atoms with Crippen molar-refractivity contribution in [1.29, 1.82) is 0 Å². The Balaban J connectivity index is 0.923. The first kappa shape index (κ1) is 41.9. The predicted molar refractivity (Wildman–Crippen MR) is 278 cm³/mol. The zero-order valence-corrected chi connectivity index (χ0v) is 37.7. The molecule has 0 saturated heterocycles. The molecular weight excluding hydrogens is 825 g/mol. The number of anilines is 5. The number of hydrogen-bond acceptors (Lipinski definition) is 2. The maximum absolute atomic E-state index is 14.1. The van der Waals surface area contributed by atoms with Gasteiger partial charge < -0.3 is 14.4 Å². The standard InChI is InChI=1S/C62H51F2N3/c1-3-43(23-22-42(2)63)62-56-20-11-10-18-54(56)58-40-52(36-38-57(58)62)65(47-14-6-4-7-15-47)49-30-24-44(25-31-49)45-26-32-50(33-27-45)66(48-16-8-5-9-17-48)53-37-39-61-59(41-53)55-19-12-13-21-60(55)67(61)51-34-28-46(64)29-35-51/h3,5-6,8-21,24-28,30-34,36-41,62H,2,4,7,22-23,29,35H2,1H3/b43-3+. The van der Waals surface area contributed by atoms with Crippen LogP contribution in [0.5, 0.6) is 0 Å². The summed E-state index contributed by atoms with van der Waals surface area (Å²) in [6, 6.07) is 59.1. The van der Waals surface area contributed by atoms with E-state index in [0.717, 1.165) is 80.2 Å². The number of allylic oxidation sites excluding steroid dienone is 10. The lowest BCUT2D eigenvalue weighted by atomic mass is 9.86. The van der Waals surface area contributed by atoms with E-state index in [2.05, 4.69) is 216 Å². The molecular formula is C62H51F2N3. The molecule has 3 aliphatic rings. The van der Waals surface area contributed by atoms with Crippen molar-refractivity contribution < 1.29 is 8.78 Å². The molecule has 0 amide bonds. The molecule has 5 heteroatoms. The van der Waals surface area contributed by atoms with Crippen LogP contribution in [0.25, 0.3) is 49.8 Å². The van der Waals surface area contributed by atoms with Gasteiger partial charge in [-0.05, 0) is 157 Å². The van der Waals surface area contributed by atoms with Crippen molar-refractivity contribution >= 4 is 55.9 Å². The SMILES string of the molecule is C=C(F)CC/C(=C\C)C1c2ccccc2-c2cc(N(C3=CCCC=C3)c3ccc(-c4ccc(N(c5ccccc5)c5ccc6c(c5)c5ccccc5n6C5=CC=C(F)CC5)cc4)cc3)ccc21. The van der Waals surface area contributed by atoms with Crippen LogP contribution < -0.4 is 9.80 Å². The van der Waals surface area contributed by atoms with Gasteiger partial charge in [-0.15, -0.1) is 0 Å². The van der Waals surface area contributed by atoms with Crippen LogP contribution >= 0.6 is 0 Å². The molecule has 0 bridgehead atoms. The molecule has 3 nitrogen and oxygen atoms in total. The molecule has 7 aromatic carbocycles. The van der Waals surface area contributed by atoms with Crippen molar-refractivity contribution in [3.8, 4) is 22.3 Å². The van der Waals surface area contributed by atoms with Crippen LogP contribution in [0, 0.1) is 0 Å². The zero-order chi connectivity index (χ0) is 45.4. The first-order valence-corrected chi connectivity index (χ1v) is 23.5. The molecule has 1 atom stereocenters. The van der Waals surface area contributed by atoms with Crippen LogP contribution in [0.2, 0.25) is 0 Å². The highest BCUT2D eigenvalue weighted by atomic mass is 19.1. The second-order valence-corrected chi connectivity index (χ2v) is 17.7. The summed E-state index contributed by atoms with van der Waals surface area (Å²) in [4.78, 5) is 4.69. The maximum Gasteiger partial charge on any atom is 0.100 e. The van der Waals surface area contributed by atoms with Gasteiger partial charge in [0.05, 0.1) is 16.9 Å². The highest BCUT2D eigenvalue weighted by Crippen LogP contribution is 2.51. The number of hydrogen-bond donors (Lipinski definition) is 0. The van der Waals surface area contributed by atoms with Crippen molar-refractivity contribution in [1.82, 2.24) is 4.57 Å². The maximum atomic E-state index is 14.1. The van der Waals surface area contributed by atoms with E-state index in [1.54, 1.807) is 6.08 Å². The fourth-order valence-corrected chi connectivity index (χ4v) is 10.5. The van der Waals surface area contributed by atoms with Gasteiger partial charge in [0.2, 0.25) is 0 Å². The summed E-state index contributed by atoms with van der Waals surface area (Å²) in [5.74, 6) is -0.260. The molecule has 0 saturated carbocycles. The Morgan fingerprint density at radius 2 is 1.25 bits per heavy atom. The molecule has 328 valence electrons. The number of rotatable bonds is 12. The van der Waals surface area contributed by atoms with E-state index >= 15 is 0 Å². The Hall–Kier alpha value is -7.76. The van der Waals surface area contributed by atoms with Crippen LogP contribution in [-0.2, 0) is 0 Å². The molecule has 0 radical (unpaired) electrons. The van der Waals surface area contributed by atoms with Crippen molar-refractivity contribution in [2.75, 3.05) is 9.80 Å². The number of nitrogens with zero attached hydrogens (tertiary/aromatic N) is 3. The summed E-state index contributed by atoms with van der Waals surface area (Å²) < 4.78 is 30.3. The molecule has 11 rings (SSSR count). The van der Waals surface area contributed by atoms with Crippen LogP contribution in [0.4, 0.5) is 37.2 Å². The number of aromatic nitrogens is 1. The number of halogens is 2. The average molecular weight is 876 g/mol. The molecule has 1 heterocycles. The van der Waals surface area contributed by atoms with Crippen LogP contribution in [-0.4, -0.2) is 4.57 Å². The van der Waals surface area contributed by atoms with E-state index in [1.807, 2.05) is 6.08 Å². The van der Waals surface area contributed by atoms with Gasteiger partial charge in [0, 0.05) is 69.4 Å². The quantitative estimate of drug-likeness (QED) is 0.113. The minimum absolute atomic E-state index is 0.0716. The summed E-state index contributed by atoms with van der Waals surface area (Å²) in [6.45, 7) is 5.60. The van der Waals surface area contributed by atoms with Crippen LogP contribution in [0.1, 0.15) is 62.5 Å². The Kier molecular flexibility index (Phi) is 11.2. The van der Waals surface area contributed by atoms with E-state index < -0.39 is 0 Å². The molecule has 67 heavy (non-hydrogen) atoms. The van der Waals surface area contributed by atoms with Crippen molar-refractivity contribution in [3.05, 3.63) is 241 Å². The Labute approximate surface area is 391 Å². The number of benzene rings is 7. The molecule has 0 aliphatic heterocycles. The first-order chi connectivity index (χ1) is 32.9. The van der Waals surface area contributed by atoms with Crippen LogP contribution in [0.15, 0.2) is 230 Å². The molecule has 0 N–H and O–H groups in total. The lowest BCUT2D eigenvalue weighted by molar-refractivity contribution is 0.587. The third-order valence-corrected chi connectivity index (χ3v) is 13.7. The molecule has 1 aromatic heterocycles. The number of para-hydroxylation sites is 2. The van der Waals surface area contributed by atoms with Crippen molar-refractivity contribution in [2.24, 2.45) is 0 Å². The average Bonchev–Trinajstić information content (AvgIpc) is 3.88. The lowest BCUT2D eigenvalue weighted by Crippen LogP contribution is -2.16. The second-order valence-electron chi connectivity index (χ2n) is 17.7. The third-order valence-electron chi connectivity index (χ3n) is 13.7. The number of fused-ring (bicyclic) bond motifs is 6. The Bertz CT molecular complexity index is 3350. The Morgan fingerprint density at radius 3 is 1.97 bits per heavy atom. The largest absolute Gasteiger partial charge is 0.313 e. The highest BCUT2D eigenvalue weighted by molar-refractivity contribution is 6.11. The summed E-state index contributed by atoms with van der Waals surface area (Å²) in [6.07, 6.45) is 16.6. The fourth-order valence-electron chi connectivity index (χ4n) is 10.5. The third kappa shape index (κ3) is 7.84. The molecule has 0 spiro atoms. The summed E-state index contributed by atoms with van der Waals surface area (Å²) in [5, 5.41) is 2.33. The van der Waals surface area contributed by atoms with Crippen LogP contribution in [0.3, 0.4) is 0 Å². The van der Waals surface area contributed by atoms with E-state index in [4.69, 9.17) is 0 Å². The minimum atomic E-state index is -0.277. The van der Waals surface area contributed by atoms with Gasteiger partial charge >= 0.3 is 0 Å². The van der Waals surface area contributed by atoms with Gasteiger partial charge in [0.15, 0.2) is 0 Å². The summed E-state index contributed by atoms with van der Waals surface area (Å²) in [7, 11) is 0. The topological polar surface area (TPSA) is 11.4 Å². The van der Waals surface area contributed by atoms with Crippen molar-refractivity contribution in [3.63, 3.8) is 0 Å². The minimum Gasteiger partial charge on any atom is -0.313 e. The molecule has 3 aliphatic carbocycles. The normalized spacial score (nSPS) is 15.5. The lowest BCUT2D eigenvalue weighted by Gasteiger charge is -2.28. The van der Waals surface area contributed by atoms with E-state index in [0.29, 0.717) is 25.7 Å². The van der Waals surface area contributed by atoms with Gasteiger partial charge in [0.1, 0.15) is 5.83 Å². The molecule has 8 aromatic rings. The van der Waals surface area contributed by atoms with Gasteiger partial charge in [0.25, 0.3) is 0 Å². The second kappa shape index (κ2) is 17.9. The molecule has 1 unspecified atom stereocenters. The van der Waals surface area contributed by atoms with Gasteiger partial charge in [-0.2, -0.15) is 0 Å². The fraction of sp³-hybridized carbons (Fsp3) is 0.129. The summed E-state index contributed by atoms with van der Waals surface area (Å²) >= 11 is 0. The monoisotopic (exact) mass is 875 g/mol.